The fourth-order valence-electron chi connectivity index (χ4n) is 4.36. The summed E-state index contributed by atoms with van der Waals surface area (Å²) in [6, 6.07) is 8.40. The maximum atomic E-state index is 13.5. The van der Waals surface area contributed by atoms with Crippen molar-refractivity contribution in [2.24, 2.45) is 0 Å². The molecule has 0 radical (unpaired) electrons. The quantitative estimate of drug-likeness (QED) is 0.379. The summed E-state index contributed by atoms with van der Waals surface area (Å²) in [7, 11) is 0. The number of nitrogens with zero attached hydrogens (tertiary/aromatic N) is 1. The summed E-state index contributed by atoms with van der Waals surface area (Å²) in [5.74, 6) is -0.0473. The van der Waals surface area contributed by atoms with E-state index in [1.54, 1.807) is 29.4 Å². The van der Waals surface area contributed by atoms with Crippen LogP contribution in [0.4, 0.5) is 0 Å². The van der Waals surface area contributed by atoms with Gasteiger partial charge >= 0.3 is 0 Å². The molecule has 1 aliphatic carbocycles. The van der Waals surface area contributed by atoms with Crippen LogP contribution in [0.3, 0.4) is 0 Å². The van der Waals surface area contributed by atoms with Crippen LogP contribution in [0.1, 0.15) is 24.8 Å². The zero-order valence-corrected chi connectivity index (χ0v) is 21.3. The third-order valence-corrected chi connectivity index (χ3v) is 7.03. The van der Waals surface area contributed by atoms with Gasteiger partial charge in [0, 0.05) is 37.3 Å². The lowest BCUT2D eigenvalue weighted by Gasteiger charge is -2.41. The van der Waals surface area contributed by atoms with Crippen molar-refractivity contribution in [3.63, 3.8) is 0 Å². The van der Waals surface area contributed by atoms with Crippen LogP contribution in [0.2, 0.25) is 0 Å². The van der Waals surface area contributed by atoms with Gasteiger partial charge in [-0.2, -0.15) is 0 Å². The lowest BCUT2D eigenvalue weighted by molar-refractivity contribution is -0.149. The molecule has 2 heterocycles. The van der Waals surface area contributed by atoms with Crippen LogP contribution in [0.25, 0.3) is 0 Å². The Bertz CT molecular complexity index is 1040. The van der Waals surface area contributed by atoms with Gasteiger partial charge in [0.05, 0.1) is 28.7 Å². The molecular formula is C25H29IN2O7. The van der Waals surface area contributed by atoms with Crippen LogP contribution in [-0.4, -0.2) is 71.0 Å². The summed E-state index contributed by atoms with van der Waals surface area (Å²) in [5.41, 5.74) is 1.14. The Hall–Kier alpha value is -2.41. The first-order valence-corrected chi connectivity index (χ1v) is 12.7. The van der Waals surface area contributed by atoms with Crippen molar-refractivity contribution >= 4 is 34.4 Å². The molecule has 4 atom stereocenters. The number of aliphatic hydroxyl groups excluding tert-OH is 2. The van der Waals surface area contributed by atoms with Crippen molar-refractivity contribution in [2.75, 3.05) is 19.8 Å². The third kappa shape index (κ3) is 6.24. The Kier molecular flexibility index (Phi) is 8.82. The first kappa shape index (κ1) is 25.7. The number of para-hydroxylation sites is 1. The number of aliphatic hydroxyl groups is 2. The van der Waals surface area contributed by atoms with E-state index in [0.29, 0.717) is 24.4 Å². The molecule has 0 bridgehead atoms. The van der Waals surface area contributed by atoms with Crippen molar-refractivity contribution in [3.05, 3.63) is 63.6 Å². The predicted molar refractivity (Wildman–Crippen MR) is 134 cm³/mol. The van der Waals surface area contributed by atoms with Gasteiger partial charge in [0.25, 0.3) is 5.91 Å². The number of benzene rings is 1. The minimum atomic E-state index is -1.10. The summed E-state index contributed by atoms with van der Waals surface area (Å²) in [6.07, 6.45) is 3.63. The molecule has 2 aliphatic rings. The minimum absolute atomic E-state index is 0.0963. The predicted octanol–water partition coefficient (Wildman–Crippen LogP) is 2.01. The normalized spacial score (nSPS) is 24.0. The van der Waals surface area contributed by atoms with Gasteiger partial charge < -0.3 is 34.3 Å². The molecule has 10 heteroatoms. The third-order valence-electron chi connectivity index (χ3n) is 6.14. The largest absolute Gasteiger partial charge is 0.482 e. The van der Waals surface area contributed by atoms with Gasteiger partial charge in [0.2, 0.25) is 5.91 Å². The second kappa shape index (κ2) is 12.0. The lowest BCUT2D eigenvalue weighted by atomic mass is 9.87. The summed E-state index contributed by atoms with van der Waals surface area (Å²) in [4.78, 5) is 28.0. The van der Waals surface area contributed by atoms with Crippen LogP contribution in [-0.2, 0) is 20.9 Å². The minimum Gasteiger partial charge on any atom is -0.482 e. The lowest BCUT2D eigenvalue weighted by Crippen LogP contribution is -2.56. The molecule has 1 aliphatic heterocycles. The SMILES string of the molecule is O=C(NCCO)C1=CC(Oc2ccccc2I)C(O)C(N(Cc2ccoc2)C(=O)C2CCCO2)C1. The molecular weight excluding hydrogens is 567 g/mol. The fraction of sp³-hybridized carbons (Fsp3) is 0.440. The van der Waals surface area contributed by atoms with Crippen molar-refractivity contribution in [1.82, 2.24) is 10.2 Å². The Labute approximate surface area is 217 Å². The zero-order valence-electron chi connectivity index (χ0n) is 19.1. The fourth-order valence-corrected chi connectivity index (χ4v) is 4.88. The number of carbonyl (C=O) groups is 2. The van der Waals surface area contributed by atoms with E-state index in [4.69, 9.17) is 19.0 Å². The molecule has 9 nitrogen and oxygen atoms in total. The average Bonchev–Trinajstić information content (AvgIpc) is 3.58. The molecule has 4 rings (SSSR count). The topological polar surface area (TPSA) is 121 Å². The van der Waals surface area contributed by atoms with Crippen molar-refractivity contribution in [1.29, 1.82) is 0 Å². The van der Waals surface area contributed by atoms with Gasteiger partial charge in [0.15, 0.2) is 0 Å². The molecule has 188 valence electrons. The Balaban J connectivity index is 1.66. The van der Waals surface area contributed by atoms with E-state index in [9.17, 15) is 14.7 Å². The van der Waals surface area contributed by atoms with Gasteiger partial charge in [-0.25, -0.2) is 0 Å². The van der Waals surface area contributed by atoms with Gasteiger partial charge in [-0.3, -0.25) is 9.59 Å². The first-order chi connectivity index (χ1) is 17.0. The molecule has 1 aromatic heterocycles. The van der Waals surface area contributed by atoms with Crippen LogP contribution < -0.4 is 10.1 Å². The van der Waals surface area contributed by atoms with Gasteiger partial charge in [-0.1, -0.05) is 12.1 Å². The summed E-state index contributed by atoms with van der Waals surface area (Å²) < 4.78 is 17.9. The second-order valence-corrected chi connectivity index (χ2v) is 9.71. The van der Waals surface area contributed by atoms with E-state index in [1.807, 2.05) is 18.2 Å². The van der Waals surface area contributed by atoms with E-state index in [-0.39, 0.29) is 37.9 Å². The average molecular weight is 596 g/mol. The second-order valence-electron chi connectivity index (χ2n) is 8.55. The van der Waals surface area contributed by atoms with E-state index in [2.05, 4.69) is 27.9 Å². The molecule has 4 unspecified atom stereocenters. The Morgan fingerprint density at radius 2 is 2.09 bits per heavy atom. The van der Waals surface area contributed by atoms with Gasteiger partial charge in [0.1, 0.15) is 24.1 Å². The molecule has 1 saturated heterocycles. The van der Waals surface area contributed by atoms with Crippen molar-refractivity contribution < 1.29 is 33.7 Å². The number of hydrogen-bond donors (Lipinski definition) is 3. The highest BCUT2D eigenvalue weighted by atomic mass is 127. The molecule has 0 saturated carbocycles. The van der Waals surface area contributed by atoms with Gasteiger partial charge in [-0.15, -0.1) is 0 Å². The number of furan rings is 1. The Morgan fingerprint density at radius 1 is 1.26 bits per heavy atom. The molecule has 2 amide bonds. The van der Waals surface area contributed by atoms with E-state index < -0.39 is 24.4 Å². The number of carbonyl (C=O) groups excluding carboxylic acids is 2. The van der Waals surface area contributed by atoms with E-state index >= 15 is 0 Å². The van der Waals surface area contributed by atoms with E-state index in [1.165, 1.54) is 6.26 Å². The van der Waals surface area contributed by atoms with Crippen LogP contribution in [0.5, 0.6) is 5.75 Å². The van der Waals surface area contributed by atoms with E-state index in [0.717, 1.165) is 15.6 Å². The van der Waals surface area contributed by atoms with Crippen LogP contribution in [0, 0.1) is 3.57 Å². The van der Waals surface area contributed by atoms with Crippen molar-refractivity contribution in [2.45, 2.75) is 50.2 Å². The highest BCUT2D eigenvalue weighted by molar-refractivity contribution is 14.1. The smallest absolute Gasteiger partial charge is 0.252 e. The maximum Gasteiger partial charge on any atom is 0.252 e. The molecule has 3 N–H and O–H groups in total. The molecule has 1 fully saturated rings. The molecule has 2 aromatic rings. The van der Waals surface area contributed by atoms with Crippen LogP contribution >= 0.6 is 22.6 Å². The number of ether oxygens (including phenoxy) is 2. The zero-order chi connectivity index (χ0) is 24.8. The number of nitrogens with one attached hydrogen (secondary N) is 1. The molecule has 0 spiro atoms. The molecule has 35 heavy (non-hydrogen) atoms. The first-order valence-electron chi connectivity index (χ1n) is 11.6. The monoisotopic (exact) mass is 596 g/mol. The number of hydrogen-bond acceptors (Lipinski definition) is 7. The highest BCUT2D eigenvalue weighted by Gasteiger charge is 2.42. The molecule has 1 aromatic carbocycles. The summed E-state index contributed by atoms with van der Waals surface area (Å²) in [5, 5.41) is 23.2. The maximum absolute atomic E-state index is 13.5. The standard InChI is InChI=1S/C25H29IN2O7/c26-18-4-1-2-5-20(18)35-22-13-17(24(31)27-8-9-29)12-19(23(22)30)28(14-16-7-11-33-15-16)25(32)21-6-3-10-34-21/h1-2,4-5,7,11,13,15,19,21-23,29-30H,3,6,8-10,12,14H2,(H,27,31). The van der Waals surface area contributed by atoms with Gasteiger partial charge in [-0.05, 0) is 59.7 Å². The van der Waals surface area contributed by atoms with Crippen molar-refractivity contribution in [3.8, 4) is 5.75 Å². The van der Waals surface area contributed by atoms with Crippen LogP contribution in [0.15, 0.2) is 58.9 Å². The summed E-state index contributed by atoms with van der Waals surface area (Å²) >= 11 is 2.14. The number of halogens is 1. The number of amides is 2. The number of rotatable bonds is 9. The Morgan fingerprint density at radius 3 is 2.77 bits per heavy atom. The highest BCUT2D eigenvalue weighted by Crippen LogP contribution is 2.31. The summed E-state index contributed by atoms with van der Waals surface area (Å²) in [6.45, 7) is 0.602.